The van der Waals surface area contributed by atoms with Crippen molar-refractivity contribution in [2.24, 2.45) is 5.41 Å². The van der Waals surface area contributed by atoms with Gasteiger partial charge >= 0.3 is 0 Å². The maximum Gasteiger partial charge on any atom is 0.222 e. The number of piperidine rings is 1. The van der Waals surface area contributed by atoms with Crippen LogP contribution in [-0.2, 0) is 11.3 Å². The van der Waals surface area contributed by atoms with Gasteiger partial charge in [0.05, 0.1) is 0 Å². The summed E-state index contributed by atoms with van der Waals surface area (Å²) in [6.45, 7) is 5.62. The van der Waals surface area contributed by atoms with Crippen LogP contribution in [0.4, 0.5) is 0 Å². The van der Waals surface area contributed by atoms with Gasteiger partial charge in [0.25, 0.3) is 0 Å². The van der Waals surface area contributed by atoms with E-state index < -0.39 is 0 Å². The van der Waals surface area contributed by atoms with Crippen molar-refractivity contribution < 1.29 is 4.79 Å². The number of aromatic amines is 1. The predicted molar refractivity (Wildman–Crippen MR) is 98.5 cm³/mol. The first-order chi connectivity index (χ1) is 11.9. The second-order valence-electron chi connectivity index (χ2n) is 7.91. The van der Waals surface area contributed by atoms with Crippen molar-refractivity contribution in [1.29, 1.82) is 0 Å². The minimum Gasteiger partial charge on any atom is -0.357 e. The molecule has 2 aromatic rings. The fourth-order valence-electron chi connectivity index (χ4n) is 4.37. The number of hydrogen-bond donors (Lipinski definition) is 1. The molecule has 2 aliphatic heterocycles. The normalized spacial score (nSPS) is 20.7. The number of H-pyrrole nitrogens is 1. The van der Waals surface area contributed by atoms with Crippen molar-refractivity contribution in [3.8, 4) is 0 Å². The van der Waals surface area contributed by atoms with Crippen LogP contribution in [0.15, 0.2) is 29.1 Å². The number of pyridine rings is 1. The number of rotatable bonds is 2. The SMILES string of the molecule is Cc1ccc2[nH]c(CN3CCC4(CC3)CC(=O)N(C)C4)cc(=O)c2c1. The molecule has 2 fully saturated rings. The van der Waals surface area contributed by atoms with E-state index in [4.69, 9.17) is 0 Å². The molecule has 2 aliphatic rings. The lowest BCUT2D eigenvalue weighted by atomic mass is 9.77. The van der Waals surface area contributed by atoms with Gasteiger partial charge in [-0.2, -0.15) is 0 Å². The average molecular weight is 339 g/mol. The molecule has 3 heterocycles. The molecule has 0 aliphatic carbocycles. The molecular weight excluding hydrogens is 314 g/mol. The molecule has 1 spiro atoms. The molecule has 132 valence electrons. The van der Waals surface area contributed by atoms with Crippen LogP contribution >= 0.6 is 0 Å². The molecular formula is C20H25N3O2. The first-order valence-electron chi connectivity index (χ1n) is 9.03. The summed E-state index contributed by atoms with van der Waals surface area (Å²) in [5.41, 5.74) is 3.24. The van der Waals surface area contributed by atoms with Gasteiger partial charge in [-0.3, -0.25) is 14.5 Å². The van der Waals surface area contributed by atoms with Gasteiger partial charge in [0, 0.05) is 49.2 Å². The van der Waals surface area contributed by atoms with Crippen molar-refractivity contribution in [1.82, 2.24) is 14.8 Å². The van der Waals surface area contributed by atoms with Gasteiger partial charge in [-0.1, -0.05) is 11.6 Å². The van der Waals surface area contributed by atoms with E-state index in [9.17, 15) is 9.59 Å². The molecule has 0 saturated carbocycles. The molecule has 1 aromatic heterocycles. The molecule has 1 N–H and O–H groups in total. The first kappa shape index (κ1) is 16.3. The van der Waals surface area contributed by atoms with E-state index in [1.807, 2.05) is 37.1 Å². The molecule has 2 saturated heterocycles. The zero-order valence-electron chi connectivity index (χ0n) is 15.0. The van der Waals surface area contributed by atoms with Gasteiger partial charge in [0.2, 0.25) is 5.91 Å². The number of hydrogen-bond acceptors (Lipinski definition) is 3. The summed E-state index contributed by atoms with van der Waals surface area (Å²) in [6, 6.07) is 7.69. The number of benzene rings is 1. The highest BCUT2D eigenvalue weighted by molar-refractivity contribution is 5.79. The van der Waals surface area contributed by atoms with Gasteiger partial charge in [-0.15, -0.1) is 0 Å². The lowest BCUT2D eigenvalue weighted by Crippen LogP contribution is -2.41. The largest absolute Gasteiger partial charge is 0.357 e. The molecule has 5 heteroatoms. The molecule has 0 bridgehead atoms. The molecule has 1 amide bonds. The summed E-state index contributed by atoms with van der Waals surface area (Å²) >= 11 is 0. The molecule has 5 nitrogen and oxygen atoms in total. The molecule has 0 radical (unpaired) electrons. The maximum atomic E-state index is 12.4. The second kappa shape index (κ2) is 5.99. The first-order valence-corrected chi connectivity index (χ1v) is 9.03. The summed E-state index contributed by atoms with van der Waals surface area (Å²) in [4.78, 5) is 31.9. The number of nitrogens with zero attached hydrogens (tertiary/aromatic N) is 2. The monoisotopic (exact) mass is 339 g/mol. The molecule has 1 aromatic carbocycles. The Kier molecular flexibility index (Phi) is 3.91. The van der Waals surface area contributed by atoms with E-state index in [0.29, 0.717) is 6.42 Å². The minimum atomic E-state index is 0.0870. The lowest BCUT2D eigenvalue weighted by molar-refractivity contribution is -0.126. The van der Waals surface area contributed by atoms with E-state index >= 15 is 0 Å². The van der Waals surface area contributed by atoms with Crippen molar-refractivity contribution >= 4 is 16.8 Å². The van der Waals surface area contributed by atoms with E-state index in [0.717, 1.165) is 61.2 Å². The Bertz CT molecular complexity index is 878. The van der Waals surface area contributed by atoms with Crippen LogP contribution in [0, 0.1) is 12.3 Å². The summed E-state index contributed by atoms with van der Waals surface area (Å²) in [7, 11) is 1.91. The standard InChI is InChI=1S/C20H25N3O2/c1-14-3-4-17-16(9-14)18(24)10-15(21-17)12-23-7-5-20(6-8-23)11-19(25)22(2)13-20/h3-4,9-10H,5-8,11-13H2,1-2H3,(H,21,24). The average Bonchev–Trinajstić information content (AvgIpc) is 2.85. The topological polar surface area (TPSA) is 56.4 Å². The van der Waals surface area contributed by atoms with Crippen LogP contribution in [0.3, 0.4) is 0 Å². The number of likely N-dealkylation sites (tertiary alicyclic amines) is 2. The molecule has 0 unspecified atom stereocenters. The predicted octanol–water partition coefficient (Wildman–Crippen LogP) is 2.28. The van der Waals surface area contributed by atoms with E-state index in [-0.39, 0.29) is 16.8 Å². The maximum absolute atomic E-state index is 12.4. The summed E-state index contributed by atoms with van der Waals surface area (Å²) < 4.78 is 0. The molecule has 4 rings (SSSR count). The van der Waals surface area contributed by atoms with E-state index in [1.165, 1.54) is 0 Å². The van der Waals surface area contributed by atoms with Crippen LogP contribution < -0.4 is 5.43 Å². The van der Waals surface area contributed by atoms with Gasteiger partial charge in [-0.05, 0) is 50.4 Å². The van der Waals surface area contributed by atoms with Crippen LogP contribution in [-0.4, -0.2) is 47.4 Å². The van der Waals surface area contributed by atoms with Crippen LogP contribution in [0.5, 0.6) is 0 Å². The van der Waals surface area contributed by atoms with E-state index in [1.54, 1.807) is 6.07 Å². The molecule has 0 atom stereocenters. The van der Waals surface area contributed by atoms with Crippen molar-refractivity contribution in [3.05, 3.63) is 45.7 Å². The Morgan fingerprint density at radius 2 is 1.92 bits per heavy atom. The molecule has 25 heavy (non-hydrogen) atoms. The number of carbonyl (C=O) groups excluding carboxylic acids is 1. The van der Waals surface area contributed by atoms with Crippen LogP contribution in [0.1, 0.15) is 30.5 Å². The lowest BCUT2D eigenvalue weighted by Gasteiger charge is -2.38. The third-order valence-electron chi connectivity index (χ3n) is 5.88. The van der Waals surface area contributed by atoms with E-state index in [2.05, 4.69) is 9.88 Å². The number of aromatic nitrogens is 1. The third kappa shape index (κ3) is 3.09. The number of carbonyl (C=O) groups is 1. The van der Waals surface area contributed by atoms with Crippen LogP contribution in [0.2, 0.25) is 0 Å². The Morgan fingerprint density at radius 3 is 2.60 bits per heavy atom. The highest BCUT2D eigenvalue weighted by Gasteiger charge is 2.43. The summed E-state index contributed by atoms with van der Waals surface area (Å²) in [5, 5.41) is 0.758. The number of fused-ring (bicyclic) bond motifs is 1. The Labute approximate surface area is 147 Å². The summed E-state index contributed by atoms with van der Waals surface area (Å²) in [6.07, 6.45) is 2.81. The smallest absolute Gasteiger partial charge is 0.222 e. The Hall–Kier alpha value is -2.14. The van der Waals surface area contributed by atoms with Gasteiger partial charge in [0.15, 0.2) is 5.43 Å². The van der Waals surface area contributed by atoms with Gasteiger partial charge < -0.3 is 9.88 Å². The Morgan fingerprint density at radius 1 is 1.16 bits per heavy atom. The number of amides is 1. The zero-order chi connectivity index (χ0) is 17.6. The Balaban J connectivity index is 1.47. The summed E-state index contributed by atoms with van der Waals surface area (Å²) in [5.74, 6) is 0.280. The quantitative estimate of drug-likeness (QED) is 0.913. The minimum absolute atomic E-state index is 0.0870. The fourth-order valence-corrected chi connectivity index (χ4v) is 4.37. The second-order valence-corrected chi connectivity index (χ2v) is 7.91. The van der Waals surface area contributed by atoms with Crippen molar-refractivity contribution in [2.45, 2.75) is 32.7 Å². The van der Waals surface area contributed by atoms with Gasteiger partial charge in [-0.25, -0.2) is 0 Å². The highest BCUT2D eigenvalue weighted by Crippen LogP contribution is 2.40. The third-order valence-corrected chi connectivity index (χ3v) is 5.88. The number of nitrogens with one attached hydrogen (secondary N) is 1. The highest BCUT2D eigenvalue weighted by atomic mass is 16.2. The van der Waals surface area contributed by atoms with Gasteiger partial charge in [0.1, 0.15) is 0 Å². The van der Waals surface area contributed by atoms with Crippen molar-refractivity contribution in [3.63, 3.8) is 0 Å². The van der Waals surface area contributed by atoms with Crippen LogP contribution in [0.25, 0.3) is 10.9 Å². The zero-order valence-corrected chi connectivity index (χ0v) is 15.0. The van der Waals surface area contributed by atoms with Crippen molar-refractivity contribution in [2.75, 3.05) is 26.7 Å². The number of aryl methyl sites for hydroxylation is 1. The fraction of sp³-hybridized carbons (Fsp3) is 0.500.